The number of carbonyl (C=O) groups is 1. The first-order chi connectivity index (χ1) is 10.8. The van der Waals surface area contributed by atoms with Crippen molar-refractivity contribution in [2.45, 2.75) is 18.9 Å². The SMILES string of the molecule is O=C(Nc1ccc2c(c1)OCO2)c1csc(C2CCCN2)n1. The van der Waals surface area contributed by atoms with E-state index >= 15 is 0 Å². The summed E-state index contributed by atoms with van der Waals surface area (Å²) >= 11 is 1.53. The summed E-state index contributed by atoms with van der Waals surface area (Å²) in [5.74, 6) is 1.13. The van der Waals surface area contributed by atoms with Gasteiger partial charge in [0.15, 0.2) is 11.5 Å². The first-order valence-electron chi connectivity index (χ1n) is 7.19. The van der Waals surface area contributed by atoms with Gasteiger partial charge >= 0.3 is 0 Å². The molecule has 22 heavy (non-hydrogen) atoms. The number of thiazole rings is 1. The van der Waals surface area contributed by atoms with Gasteiger partial charge in [-0.2, -0.15) is 0 Å². The first-order valence-corrected chi connectivity index (χ1v) is 8.07. The third-order valence-corrected chi connectivity index (χ3v) is 4.70. The fraction of sp³-hybridized carbons (Fsp3) is 0.333. The Morgan fingerprint density at radius 2 is 2.27 bits per heavy atom. The minimum absolute atomic E-state index is 0.209. The number of amides is 1. The molecular formula is C15H15N3O3S. The average Bonchev–Trinajstić information content (AvgIpc) is 3.26. The molecule has 2 aliphatic heterocycles. The normalized spacial score (nSPS) is 19.4. The molecule has 2 N–H and O–H groups in total. The topological polar surface area (TPSA) is 72.5 Å². The zero-order valence-corrected chi connectivity index (χ0v) is 12.6. The van der Waals surface area contributed by atoms with Gasteiger partial charge in [-0.1, -0.05) is 0 Å². The summed E-state index contributed by atoms with van der Waals surface area (Å²) in [5, 5.41) is 9.01. The van der Waals surface area contributed by atoms with Crippen LogP contribution in [0.4, 0.5) is 5.69 Å². The van der Waals surface area contributed by atoms with Crippen molar-refractivity contribution in [2.24, 2.45) is 0 Å². The van der Waals surface area contributed by atoms with Crippen LogP contribution in [0.15, 0.2) is 23.6 Å². The highest BCUT2D eigenvalue weighted by molar-refractivity contribution is 7.09. The van der Waals surface area contributed by atoms with Crippen molar-refractivity contribution < 1.29 is 14.3 Å². The number of fused-ring (bicyclic) bond motifs is 1. The van der Waals surface area contributed by atoms with Crippen molar-refractivity contribution in [3.05, 3.63) is 34.3 Å². The average molecular weight is 317 g/mol. The summed E-state index contributed by atoms with van der Waals surface area (Å²) in [5.41, 5.74) is 1.12. The number of nitrogens with zero attached hydrogens (tertiary/aromatic N) is 1. The van der Waals surface area contributed by atoms with E-state index in [2.05, 4.69) is 15.6 Å². The van der Waals surface area contributed by atoms with E-state index in [1.165, 1.54) is 11.3 Å². The Kier molecular flexibility index (Phi) is 3.44. The van der Waals surface area contributed by atoms with Crippen LogP contribution in [0.2, 0.25) is 0 Å². The number of anilines is 1. The molecule has 1 aromatic heterocycles. The van der Waals surface area contributed by atoms with Gasteiger partial charge in [0.1, 0.15) is 10.7 Å². The maximum Gasteiger partial charge on any atom is 0.275 e. The molecule has 1 atom stereocenters. The molecule has 2 aliphatic rings. The molecule has 1 aromatic carbocycles. The summed E-state index contributed by atoms with van der Waals surface area (Å²) in [6.07, 6.45) is 2.24. The highest BCUT2D eigenvalue weighted by atomic mass is 32.1. The van der Waals surface area contributed by atoms with Crippen LogP contribution in [0.5, 0.6) is 11.5 Å². The summed E-state index contributed by atoms with van der Waals surface area (Å²) in [4.78, 5) is 16.7. The minimum Gasteiger partial charge on any atom is -0.454 e. The van der Waals surface area contributed by atoms with Gasteiger partial charge in [-0.25, -0.2) is 4.98 Å². The third-order valence-electron chi connectivity index (χ3n) is 3.74. The zero-order chi connectivity index (χ0) is 14.9. The second kappa shape index (κ2) is 5.58. The number of carbonyl (C=O) groups excluding carboxylic acids is 1. The monoisotopic (exact) mass is 317 g/mol. The van der Waals surface area contributed by atoms with Crippen LogP contribution in [0.1, 0.15) is 34.4 Å². The van der Waals surface area contributed by atoms with Gasteiger partial charge in [0.25, 0.3) is 5.91 Å². The largest absolute Gasteiger partial charge is 0.454 e. The smallest absolute Gasteiger partial charge is 0.275 e. The van der Waals surface area contributed by atoms with Gasteiger partial charge in [-0.15, -0.1) is 11.3 Å². The second-order valence-corrected chi connectivity index (χ2v) is 6.13. The molecule has 7 heteroatoms. The lowest BCUT2D eigenvalue weighted by Gasteiger charge is -2.05. The van der Waals surface area contributed by atoms with Gasteiger partial charge in [0.2, 0.25) is 6.79 Å². The predicted octanol–water partition coefficient (Wildman–Crippen LogP) is 2.55. The number of rotatable bonds is 3. The summed E-state index contributed by atoms with van der Waals surface area (Å²) in [7, 11) is 0. The highest BCUT2D eigenvalue weighted by Gasteiger charge is 2.21. The molecule has 114 valence electrons. The summed E-state index contributed by atoms with van der Waals surface area (Å²) < 4.78 is 10.6. The molecular weight excluding hydrogens is 302 g/mol. The third kappa shape index (κ3) is 2.53. The minimum atomic E-state index is -0.209. The number of hydrogen-bond acceptors (Lipinski definition) is 6. The second-order valence-electron chi connectivity index (χ2n) is 5.24. The van der Waals surface area contributed by atoms with Gasteiger partial charge in [-0.3, -0.25) is 4.79 Å². The molecule has 0 radical (unpaired) electrons. The van der Waals surface area contributed by atoms with Gasteiger partial charge in [0, 0.05) is 17.1 Å². The molecule has 0 spiro atoms. The predicted molar refractivity (Wildman–Crippen MR) is 82.6 cm³/mol. The Morgan fingerprint density at radius 3 is 3.14 bits per heavy atom. The lowest BCUT2D eigenvalue weighted by Crippen LogP contribution is -2.15. The van der Waals surface area contributed by atoms with Crippen LogP contribution >= 0.6 is 11.3 Å². The molecule has 6 nitrogen and oxygen atoms in total. The fourth-order valence-electron chi connectivity index (χ4n) is 2.62. The Balaban J connectivity index is 1.47. The van der Waals surface area contributed by atoms with Crippen molar-refractivity contribution in [1.82, 2.24) is 10.3 Å². The van der Waals surface area contributed by atoms with E-state index in [0.29, 0.717) is 22.9 Å². The molecule has 1 unspecified atom stereocenters. The molecule has 1 saturated heterocycles. The first kappa shape index (κ1) is 13.5. The maximum absolute atomic E-state index is 12.3. The van der Waals surface area contributed by atoms with E-state index in [-0.39, 0.29) is 18.7 Å². The van der Waals surface area contributed by atoms with Gasteiger partial charge in [-0.05, 0) is 31.5 Å². The number of nitrogens with one attached hydrogen (secondary N) is 2. The van der Waals surface area contributed by atoms with Crippen LogP contribution in [0.3, 0.4) is 0 Å². The Labute approximate surface area is 131 Å². The Hall–Kier alpha value is -2.12. The van der Waals surface area contributed by atoms with Crippen LogP contribution in [-0.4, -0.2) is 24.2 Å². The lowest BCUT2D eigenvalue weighted by molar-refractivity contribution is 0.102. The quantitative estimate of drug-likeness (QED) is 0.910. The molecule has 0 aliphatic carbocycles. The van der Waals surface area contributed by atoms with Gasteiger partial charge < -0.3 is 20.1 Å². The maximum atomic E-state index is 12.3. The Morgan fingerprint density at radius 1 is 1.36 bits per heavy atom. The molecule has 1 fully saturated rings. The molecule has 2 aromatic rings. The van der Waals surface area contributed by atoms with Crippen LogP contribution in [0.25, 0.3) is 0 Å². The molecule has 0 bridgehead atoms. The van der Waals surface area contributed by atoms with E-state index in [0.717, 1.165) is 24.4 Å². The van der Waals surface area contributed by atoms with E-state index < -0.39 is 0 Å². The van der Waals surface area contributed by atoms with Crippen LogP contribution in [0, 0.1) is 0 Å². The summed E-state index contributed by atoms with van der Waals surface area (Å²) in [6.45, 7) is 1.24. The van der Waals surface area contributed by atoms with Crippen LogP contribution < -0.4 is 20.1 Å². The van der Waals surface area contributed by atoms with E-state index in [9.17, 15) is 4.79 Å². The fourth-order valence-corrected chi connectivity index (χ4v) is 3.53. The van der Waals surface area contributed by atoms with E-state index in [4.69, 9.17) is 9.47 Å². The molecule has 4 rings (SSSR count). The van der Waals surface area contributed by atoms with E-state index in [1.54, 1.807) is 23.6 Å². The van der Waals surface area contributed by atoms with Gasteiger partial charge in [0.05, 0.1) is 6.04 Å². The molecule has 1 amide bonds. The van der Waals surface area contributed by atoms with Crippen molar-refractivity contribution in [1.29, 1.82) is 0 Å². The Bertz CT molecular complexity index is 710. The van der Waals surface area contributed by atoms with Crippen LogP contribution in [-0.2, 0) is 0 Å². The number of benzene rings is 1. The van der Waals surface area contributed by atoms with Crippen molar-refractivity contribution in [2.75, 3.05) is 18.7 Å². The summed E-state index contributed by atoms with van der Waals surface area (Å²) in [6, 6.07) is 5.62. The molecule has 3 heterocycles. The lowest BCUT2D eigenvalue weighted by atomic mass is 10.2. The van der Waals surface area contributed by atoms with Crippen molar-refractivity contribution >= 4 is 22.9 Å². The van der Waals surface area contributed by atoms with Crippen molar-refractivity contribution in [3.8, 4) is 11.5 Å². The number of hydrogen-bond donors (Lipinski definition) is 2. The van der Waals surface area contributed by atoms with E-state index in [1.807, 2.05) is 0 Å². The molecule has 0 saturated carbocycles. The number of aromatic nitrogens is 1. The van der Waals surface area contributed by atoms with Crippen molar-refractivity contribution in [3.63, 3.8) is 0 Å². The number of ether oxygens (including phenoxy) is 2. The highest BCUT2D eigenvalue weighted by Crippen LogP contribution is 2.34. The zero-order valence-electron chi connectivity index (χ0n) is 11.8. The standard InChI is InChI=1S/C15H15N3O3S/c19-14(11-7-22-15(18-11)10-2-1-5-16-10)17-9-3-4-12-13(6-9)21-8-20-12/h3-4,6-7,10,16H,1-2,5,8H2,(H,17,19).